The molecular formula is C25H28N4O2. The lowest BCUT2D eigenvalue weighted by molar-refractivity contribution is 0.0107. The summed E-state index contributed by atoms with van der Waals surface area (Å²) >= 11 is 0. The Kier molecular flexibility index (Phi) is 4.07. The van der Waals surface area contributed by atoms with Gasteiger partial charge in [0, 0.05) is 18.2 Å². The fourth-order valence-electron chi connectivity index (χ4n) is 6.82. The minimum Gasteiger partial charge on any atom is -0.378 e. The van der Waals surface area contributed by atoms with Gasteiger partial charge in [-0.05, 0) is 86.6 Å². The first-order valence-electron chi connectivity index (χ1n) is 11.4. The molecule has 160 valence electrons. The molecule has 6 heteroatoms. The maximum Gasteiger partial charge on any atom is 0.326 e. The van der Waals surface area contributed by atoms with Crippen LogP contribution in [-0.2, 0) is 7.05 Å². The SMILES string of the molecule is Cn1c(=O)[nH]c2cc(C(=O)Nc3ccccc3NC34CC5CC(CC(C5)C3)C4)ccc21. The van der Waals surface area contributed by atoms with Crippen LogP contribution in [0.3, 0.4) is 0 Å². The molecule has 31 heavy (non-hydrogen) atoms. The van der Waals surface area contributed by atoms with Gasteiger partial charge in [0.25, 0.3) is 5.91 Å². The number of carbonyl (C=O) groups excluding carboxylic acids is 1. The largest absolute Gasteiger partial charge is 0.378 e. The summed E-state index contributed by atoms with van der Waals surface area (Å²) in [5.74, 6) is 2.41. The molecule has 0 radical (unpaired) electrons. The van der Waals surface area contributed by atoms with Gasteiger partial charge >= 0.3 is 5.69 Å². The zero-order valence-electron chi connectivity index (χ0n) is 17.8. The van der Waals surface area contributed by atoms with Gasteiger partial charge in [0.15, 0.2) is 0 Å². The number of fused-ring (bicyclic) bond motifs is 1. The number of H-pyrrole nitrogens is 1. The summed E-state index contributed by atoms with van der Waals surface area (Å²) in [4.78, 5) is 27.7. The molecule has 6 nitrogen and oxygen atoms in total. The molecule has 1 amide bonds. The molecule has 4 aliphatic rings. The Morgan fingerprint density at radius 2 is 1.65 bits per heavy atom. The third kappa shape index (κ3) is 3.16. The van der Waals surface area contributed by atoms with Gasteiger partial charge in [-0.2, -0.15) is 0 Å². The normalized spacial score (nSPS) is 28.7. The summed E-state index contributed by atoms with van der Waals surface area (Å²) in [5, 5.41) is 6.98. The number of amides is 1. The number of nitrogens with one attached hydrogen (secondary N) is 3. The molecule has 0 unspecified atom stereocenters. The molecule has 4 aliphatic carbocycles. The van der Waals surface area contributed by atoms with E-state index in [1.165, 1.54) is 38.5 Å². The van der Waals surface area contributed by atoms with E-state index >= 15 is 0 Å². The van der Waals surface area contributed by atoms with Crippen LogP contribution in [0.5, 0.6) is 0 Å². The lowest BCUT2D eigenvalue weighted by Crippen LogP contribution is -2.54. The number of benzene rings is 2. The van der Waals surface area contributed by atoms with Crippen molar-refractivity contribution < 1.29 is 4.79 Å². The second-order valence-corrected chi connectivity index (χ2v) is 10.0. The van der Waals surface area contributed by atoms with Crippen molar-refractivity contribution in [3.8, 4) is 0 Å². The van der Waals surface area contributed by atoms with Gasteiger partial charge in [-0.15, -0.1) is 0 Å². The summed E-state index contributed by atoms with van der Waals surface area (Å²) in [6.07, 6.45) is 7.97. The molecule has 4 fully saturated rings. The van der Waals surface area contributed by atoms with Gasteiger partial charge in [0.05, 0.1) is 22.4 Å². The second kappa shape index (κ2) is 6.74. The molecule has 1 heterocycles. The van der Waals surface area contributed by atoms with Crippen LogP contribution in [0.4, 0.5) is 11.4 Å². The number of hydrogen-bond donors (Lipinski definition) is 3. The Morgan fingerprint density at radius 3 is 2.32 bits per heavy atom. The Hall–Kier alpha value is -3.02. The number of imidazole rings is 1. The van der Waals surface area contributed by atoms with Crippen LogP contribution in [0.2, 0.25) is 0 Å². The number of aromatic nitrogens is 2. The number of aryl methyl sites for hydroxylation is 1. The summed E-state index contributed by atoms with van der Waals surface area (Å²) in [6, 6.07) is 13.3. The summed E-state index contributed by atoms with van der Waals surface area (Å²) in [7, 11) is 1.72. The number of carbonyl (C=O) groups is 1. The quantitative estimate of drug-likeness (QED) is 0.586. The smallest absolute Gasteiger partial charge is 0.326 e. The molecular weight excluding hydrogens is 388 g/mol. The third-order valence-electron chi connectivity index (χ3n) is 7.78. The van der Waals surface area contributed by atoms with Gasteiger partial charge in [0.2, 0.25) is 0 Å². The number of para-hydroxylation sites is 2. The maximum atomic E-state index is 13.0. The molecule has 4 saturated carbocycles. The molecule has 3 aromatic rings. The zero-order valence-corrected chi connectivity index (χ0v) is 17.8. The Bertz CT molecular complexity index is 1200. The Morgan fingerprint density at radius 1 is 1.00 bits per heavy atom. The van der Waals surface area contributed by atoms with Crippen LogP contribution in [0.15, 0.2) is 47.3 Å². The molecule has 2 aromatic carbocycles. The second-order valence-electron chi connectivity index (χ2n) is 10.0. The molecule has 3 N–H and O–H groups in total. The van der Waals surface area contributed by atoms with E-state index in [1.807, 2.05) is 24.3 Å². The molecule has 0 aliphatic heterocycles. The van der Waals surface area contributed by atoms with Crippen molar-refractivity contribution in [2.75, 3.05) is 10.6 Å². The summed E-state index contributed by atoms with van der Waals surface area (Å²) < 4.78 is 1.54. The highest BCUT2D eigenvalue weighted by atomic mass is 16.2. The number of hydrogen-bond acceptors (Lipinski definition) is 3. The number of rotatable bonds is 4. The predicted octanol–water partition coefficient (Wildman–Crippen LogP) is 4.50. The average molecular weight is 417 g/mol. The van der Waals surface area contributed by atoms with Crippen LogP contribution in [0.1, 0.15) is 48.9 Å². The summed E-state index contributed by atoms with van der Waals surface area (Å²) in [6.45, 7) is 0. The van der Waals surface area contributed by atoms with E-state index in [9.17, 15) is 9.59 Å². The predicted molar refractivity (Wildman–Crippen MR) is 122 cm³/mol. The van der Waals surface area contributed by atoms with E-state index in [2.05, 4.69) is 21.7 Å². The van der Waals surface area contributed by atoms with E-state index in [4.69, 9.17) is 0 Å². The monoisotopic (exact) mass is 416 g/mol. The van der Waals surface area contributed by atoms with Crippen molar-refractivity contribution in [1.29, 1.82) is 0 Å². The summed E-state index contributed by atoms with van der Waals surface area (Å²) in [5.41, 5.74) is 3.79. The van der Waals surface area contributed by atoms with Crippen LogP contribution in [0.25, 0.3) is 11.0 Å². The van der Waals surface area contributed by atoms with Crippen molar-refractivity contribution in [3.63, 3.8) is 0 Å². The van der Waals surface area contributed by atoms with Crippen LogP contribution in [-0.4, -0.2) is 21.0 Å². The highest BCUT2D eigenvalue weighted by molar-refractivity contribution is 6.07. The zero-order chi connectivity index (χ0) is 21.2. The van der Waals surface area contributed by atoms with E-state index in [0.29, 0.717) is 11.1 Å². The van der Waals surface area contributed by atoms with Crippen molar-refractivity contribution in [2.24, 2.45) is 24.8 Å². The lowest BCUT2D eigenvalue weighted by Gasteiger charge is -2.57. The van der Waals surface area contributed by atoms with Crippen LogP contribution < -0.4 is 16.3 Å². The first-order chi connectivity index (χ1) is 15.0. The highest BCUT2D eigenvalue weighted by Crippen LogP contribution is 2.56. The van der Waals surface area contributed by atoms with Crippen LogP contribution >= 0.6 is 0 Å². The molecule has 4 bridgehead atoms. The Labute approximate surface area is 181 Å². The Balaban J connectivity index is 1.26. The number of anilines is 2. The van der Waals surface area contributed by atoms with Crippen molar-refractivity contribution >= 4 is 28.3 Å². The number of nitrogens with zero attached hydrogens (tertiary/aromatic N) is 1. The van der Waals surface area contributed by atoms with Gasteiger partial charge in [-0.3, -0.25) is 9.36 Å². The van der Waals surface area contributed by atoms with Gasteiger partial charge < -0.3 is 15.6 Å². The van der Waals surface area contributed by atoms with Gasteiger partial charge in [-0.25, -0.2) is 4.79 Å². The molecule has 7 rings (SSSR count). The maximum absolute atomic E-state index is 13.0. The van der Waals surface area contributed by atoms with Gasteiger partial charge in [-0.1, -0.05) is 12.1 Å². The fraction of sp³-hybridized carbons (Fsp3) is 0.440. The van der Waals surface area contributed by atoms with Crippen LogP contribution in [0, 0.1) is 17.8 Å². The van der Waals surface area contributed by atoms with Gasteiger partial charge in [0.1, 0.15) is 0 Å². The topological polar surface area (TPSA) is 78.9 Å². The van der Waals surface area contributed by atoms with Crippen molar-refractivity contribution in [1.82, 2.24) is 9.55 Å². The minimum absolute atomic E-state index is 0.175. The molecule has 0 saturated heterocycles. The first kappa shape index (κ1) is 18.7. The third-order valence-corrected chi connectivity index (χ3v) is 7.78. The fourth-order valence-corrected chi connectivity index (χ4v) is 6.82. The van der Waals surface area contributed by atoms with E-state index in [0.717, 1.165) is 34.6 Å². The molecule has 0 atom stereocenters. The van der Waals surface area contributed by atoms with E-state index in [1.54, 1.807) is 23.7 Å². The van der Waals surface area contributed by atoms with E-state index < -0.39 is 0 Å². The first-order valence-corrected chi connectivity index (χ1v) is 11.4. The number of aromatic amines is 1. The average Bonchev–Trinajstić information content (AvgIpc) is 3.01. The molecule has 1 aromatic heterocycles. The standard InChI is InChI=1S/C25H28N4O2/c1-29-22-7-6-18(11-21(22)27-24(29)31)23(30)26-19-4-2-3-5-20(19)28-25-12-15-8-16(13-25)10-17(9-15)14-25/h2-7,11,15-17,28H,8-10,12-14H2,1H3,(H,26,30)(H,27,31). The minimum atomic E-state index is -0.183. The van der Waals surface area contributed by atoms with Crippen molar-refractivity contribution in [3.05, 3.63) is 58.5 Å². The van der Waals surface area contributed by atoms with E-state index in [-0.39, 0.29) is 17.1 Å². The van der Waals surface area contributed by atoms with Crippen molar-refractivity contribution in [2.45, 2.75) is 44.1 Å². The lowest BCUT2D eigenvalue weighted by atomic mass is 9.53. The highest BCUT2D eigenvalue weighted by Gasteiger charge is 2.51. The molecule has 0 spiro atoms.